The van der Waals surface area contributed by atoms with Gasteiger partial charge in [-0.15, -0.1) is 0 Å². The topological polar surface area (TPSA) is 121 Å². The van der Waals surface area contributed by atoms with Crippen LogP contribution in [0.15, 0.2) is 0 Å². The van der Waals surface area contributed by atoms with Crippen molar-refractivity contribution in [2.45, 2.75) is 18.9 Å². The molecule has 0 spiro atoms. The molecule has 0 heterocycles. The number of aliphatic hydroxyl groups is 1. The minimum atomic E-state index is -2.65. The molecule has 0 bridgehead atoms. The number of aliphatic carboxylic acids is 2. The predicted molar refractivity (Wildman–Crippen MR) is 46.0 cm³/mol. The highest BCUT2D eigenvalue weighted by atomic mass is 16.5. The smallest absolute Gasteiger partial charge is 0.337 e. The van der Waals surface area contributed by atoms with Crippen molar-refractivity contribution in [1.82, 2.24) is 0 Å². The Morgan fingerprint density at radius 3 is 2.07 bits per heavy atom. The van der Waals surface area contributed by atoms with Crippen molar-refractivity contribution in [2.75, 3.05) is 7.11 Å². The van der Waals surface area contributed by atoms with Crippen molar-refractivity contribution < 1.29 is 34.4 Å². The van der Waals surface area contributed by atoms with Crippen LogP contribution in [0.4, 0.5) is 0 Å². The van der Waals surface area contributed by atoms with E-state index in [-0.39, 0.29) is 0 Å². The summed E-state index contributed by atoms with van der Waals surface area (Å²) in [4.78, 5) is 32.1. The maximum absolute atomic E-state index is 11.0. The second kappa shape index (κ2) is 4.74. The summed E-state index contributed by atoms with van der Waals surface area (Å²) < 4.78 is 4.23. The van der Waals surface area contributed by atoms with Crippen molar-refractivity contribution in [3.05, 3.63) is 0 Å². The van der Waals surface area contributed by atoms with Crippen LogP contribution in [-0.4, -0.2) is 45.9 Å². The number of hydrogen-bond donors (Lipinski definition) is 3. The molecule has 0 aromatic rings. The molecule has 15 heavy (non-hydrogen) atoms. The molecule has 0 radical (unpaired) electrons. The standard InChI is InChI=1S/C8H12O7/c1-4(6(11)15-2)8(14,7(12)13)3-5(9)10/h4,14H,3H2,1-2H3,(H,9,10)(H,12,13)/t4?,8-/m1/s1. The number of hydrogen-bond acceptors (Lipinski definition) is 5. The van der Waals surface area contributed by atoms with E-state index in [1.807, 2.05) is 0 Å². The van der Waals surface area contributed by atoms with E-state index >= 15 is 0 Å². The molecule has 0 aliphatic rings. The number of carbonyl (C=O) groups is 3. The Kier molecular flexibility index (Phi) is 4.22. The van der Waals surface area contributed by atoms with Crippen LogP contribution in [0, 0.1) is 5.92 Å². The second-order valence-electron chi connectivity index (χ2n) is 3.04. The summed E-state index contributed by atoms with van der Waals surface area (Å²) in [7, 11) is 1.02. The molecule has 0 aromatic carbocycles. The molecule has 3 N–H and O–H groups in total. The molecule has 7 nitrogen and oxygen atoms in total. The largest absolute Gasteiger partial charge is 0.481 e. The van der Waals surface area contributed by atoms with Crippen LogP contribution >= 0.6 is 0 Å². The lowest BCUT2D eigenvalue weighted by Gasteiger charge is -2.26. The van der Waals surface area contributed by atoms with Gasteiger partial charge >= 0.3 is 17.9 Å². The lowest BCUT2D eigenvalue weighted by atomic mass is 9.86. The van der Waals surface area contributed by atoms with E-state index in [4.69, 9.17) is 10.2 Å². The van der Waals surface area contributed by atoms with E-state index in [1.165, 1.54) is 0 Å². The minimum Gasteiger partial charge on any atom is -0.481 e. The van der Waals surface area contributed by atoms with Crippen LogP contribution in [0.1, 0.15) is 13.3 Å². The van der Waals surface area contributed by atoms with Gasteiger partial charge in [0.2, 0.25) is 0 Å². The van der Waals surface area contributed by atoms with Crippen molar-refractivity contribution in [3.63, 3.8) is 0 Å². The minimum absolute atomic E-state index is 0.985. The number of carboxylic acids is 2. The Bertz CT molecular complexity index is 285. The zero-order valence-electron chi connectivity index (χ0n) is 8.26. The molecule has 1 unspecified atom stereocenters. The quantitative estimate of drug-likeness (QED) is 0.512. The summed E-state index contributed by atoms with van der Waals surface area (Å²) in [6, 6.07) is 0. The third kappa shape index (κ3) is 2.91. The first kappa shape index (κ1) is 13.4. The summed E-state index contributed by atoms with van der Waals surface area (Å²) in [6.45, 7) is 1.09. The van der Waals surface area contributed by atoms with Crippen LogP contribution in [0.2, 0.25) is 0 Å². The van der Waals surface area contributed by atoms with Crippen LogP contribution in [0.25, 0.3) is 0 Å². The Balaban J connectivity index is 5.02. The van der Waals surface area contributed by atoms with Gasteiger partial charge in [-0.3, -0.25) is 9.59 Å². The van der Waals surface area contributed by atoms with Gasteiger partial charge in [-0.05, 0) is 6.92 Å². The van der Waals surface area contributed by atoms with E-state index in [9.17, 15) is 19.5 Å². The molecule has 0 rings (SSSR count). The normalized spacial score (nSPS) is 16.2. The van der Waals surface area contributed by atoms with Crippen molar-refractivity contribution >= 4 is 17.9 Å². The molecule has 0 saturated heterocycles. The summed E-state index contributed by atoms with van der Waals surface area (Å²) in [6.07, 6.45) is -1.07. The van der Waals surface area contributed by atoms with Gasteiger partial charge in [0.05, 0.1) is 19.4 Å². The molecule has 86 valence electrons. The second-order valence-corrected chi connectivity index (χ2v) is 3.04. The fourth-order valence-corrected chi connectivity index (χ4v) is 1.02. The monoisotopic (exact) mass is 220 g/mol. The zero-order valence-corrected chi connectivity index (χ0v) is 8.26. The van der Waals surface area contributed by atoms with Crippen LogP contribution < -0.4 is 0 Å². The van der Waals surface area contributed by atoms with Crippen molar-refractivity contribution in [2.24, 2.45) is 5.92 Å². The fourth-order valence-electron chi connectivity index (χ4n) is 1.02. The number of carboxylic acid groups (broad SMARTS) is 2. The van der Waals surface area contributed by atoms with Crippen molar-refractivity contribution in [3.8, 4) is 0 Å². The number of rotatable bonds is 5. The number of methoxy groups -OCH3 is 1. The zero-order chi connectivity index (χ0) is 12.2. The molecule has 0 saturated carbocycles. The molecule has 2 atom stereocenters. The van der Waals surface area contributed by atoms with E-state index in [0.717, 1.165) is 14.0 Å². The van der Waals surface area contributed by atoms with Gasteiger partial charge in [0.25, 0.3) is 0 Å². The highest BCUT2D eigenvalue weighted by Crippen LogP contribution is 2.23. The first-order valence-corrected chi connectivity index (χ1v) is 4.01. The van der Waals surface area contributed by atoms with Gasteiger partial charge in [-0.25, -0.2) is 4.79 Å². The molecule has 0 aromatic heterocycles. The summed E-state index contributed by atoms with van der Waals surface area (Å²) in [5, 5.41) is 26.6. The third-order valence-electron chi connectivity index (χ3n) is 2.06. The molecule has 0 amide bonds. The summed E-state index contributed by atoms with van der Waals surface area (Å²) in [5.74, 6) is -5.74. The molecular formula is C8H12O7. The molecule has 7 heteroatoms. The van der Waals surface area contributed by atoms with Gasteiger partial charge < -0.3 is 20.1 Å². The Morgan fingerprint density at radius 2 is 1.80 bits per heavy atom. The van der Waals surface area contributed by atoms with Crippen molar-refractivity contribution in [1.29, 1.82) is 0 Å². The van der Waals surface area contributed by atoms with Gasteiger partial charge in [0, 0.05) is 0 Å². The number of esters is 1. The van der Waals surface area contributed by atoms with Gasteiger partial charge in [0.1, 0.15) is 0 Å². The van der Waals surface area contributed by atoms with Gasteiger partial charge in [-0.2, -0.15) is 0 Å². The highest BCUT2D eigenvalue weighted by Gasteiger charge is 2.47. The maximum Gasteiger partial charge on any atom is 0.337 e. The summed E-state index contributed by atoms with van der Waals surface area (Å²) in [5.41, 5.74) is -2.65. The Hall–Kier alpha value is -1.63. The Morgan fingerprint density at radius 1 is 1.33 bits per heavy atom. The van der Waals surface area contributed by atoms with E-state index in [1.54, 1.807) is 0 Å². The fraction of sp³-hybridized carbons (Fsp3) is 0.625. The Labute approximate surface area is 85.3 Å². The molecule has 0 fully saturated rings. The first-order valence-electron chi connectivity index (χ1n) is 4.01. The average Bonchev–Trinajstić information content (AvgIpc) is 2.13. The van der Waals surface area contributed by atoms with E-state index in [0.29, 0.717) is 0 Å². The van der Waals surface area contributed by atoms with Gasteiger partial charge in [-0.1, -0.05) is 0 Å². The SMILES string of the molecule is COC(=O)C(C)[C@](O)(CC(=O)O)C(=O)O. The molecular weight excluding hydrogens is 208 g/mol. The van der Waals surface area contributed by atoms with Crippen LogP contribution in [-0.2, 0) is 19.1 Å². The molecule has 0 aliphatic heterocycles. The first-order chi connectivity index (χ1) is 6.75. The lowest BCUT2D eigenvalue weighted by molar-refractivity contribution is -0.179. The van der Waals surface area contributed by atoms with E-state index in [2.05, 4.69) is 4.74 Å². The van der Waals surface area contributed by atoms with Gasteiger partial charge in [0.15, 0.2) is 5.60 Å². The van der Waals surface area contributed by atoms with E-state index < -0.39 is 35.8 Å². The maximum atomic E-state index is 11.0. The molecule has 0 aliphatic carbocycles. The highest BCUT2D eigenvalue weighted by molar-refractivity contribution is 5.89. The third-order valence-corrected chi connectivity index (χ3v) is 2.06. The van der Waals surface area contributed by atoms with Crippen LogP contribution in [0.3, 0.4) is 0 Å². The average molecular weight is 220 g/mol. The predicted octanol–water partition coefficient (Wildman–Crippen LogP) is -0.914. The lowest BCUT2D eigenvalue weighted by Crippen LogP contribution is -2.49. The summed E-state index contributed by atoms with van der Waals surface area (Å²) >= 11 is 0. The number of ether oxygens (including phenoxy) is 1. The number of carbonyl (C=O) groups excluding carboxylic acids is 1. The van der Waals surface area contributed by atoms with Crippen LogP contribution in [0.5, 0.6) is 0 Å².